The molecule has 18 heavy (non-hydrogen) atoms. The minimum Gasteiger partial charge on any atom is -0.386 e. The SMILES string of the molecule is CCn1ncc(Cl)c1C(O)C1Cc2ccccc21. The Bertz CT molecular complexity index is 579. The lowest BCUT2D eigenvalue weighted by Gasteiger charge is -2.34. The number of aromatic nitrogens is 2. The van der Waals surface area contributed by atoms with Crippen LogP contribution in [0, 0.1) is 0 Å². The zero-order valence-electron chi connectivity index (χ0n) is 10.2. The van der Waals surface area contributed by atoms with Gasteiger partial charge in [-0.15, -0.1) is 0 Å². The van der Waals surface area contributed by atoms with E-state index in [4.69, 9.17) is 11.6 Å². The van der Waals surface area contributed by atoms with E-state index in [2.05, 4.69) is 17.2 Å². The molecule has 1 aromatic carbocycles. The molecular formula is C14H15ClN2O. The van der Waals surface area contributed by atoms with Crippen molar-refractivity contribution in [2.75, 3.05) is 0 Å². The highest BCUT2D eigenvalue weighted by atomic mass is 35.5. The minimum absolute atomic E-state index is 0.140. The first kappa shape index (κ1) is 11.8. The number of aliphatic hydroxyl groups excluding tert-OH is 1. The largest absolute Gasteiger partial charge is 0.386 e. The molecule has 1 aliphatic rings. The minimum atomic E-state index is -0.574. The fourth-order valence-electron chi connectivity index (χ4n) is 2.69. The summed E-state index contributed by atoms with van der Waals surface area (Å²) in [7, 11) is 0. The van der Waals surface area contributed by atoms with Crippen LogP contribution in [0.4, 0.5) is 0 Å². The van der Waals surface area contributed by atoms with E-state index in [9.17, 15) is 5.11 Å². The van der Waals surface area contributed by atoms with E-state index in [1.54, 1.807) is 10.9 Å². The van der Waals surface area contributed by atoms with Crippen LogP contribution in [0.5, 0.6) is 0 Å². The summed E-state index contributed by atoms with van der Waals surface area (Å²) in [6.07, 6.45) is 1.94. The molecule has 2 unspecified atom stereocenters. The van der Waals surface area contributed by atoms with Gasteiger partial charge in [0.05, 0.1) is 16.9 Å². The second kappa shape index (κ2) is 4.41. The molecule has 4 heteroatoms. The maximum absolute atomic E-state index is 10.5. The summed E-state index contributed by atoms with van der Waals surface area (Å²) in [4.78, 5) is 0. The highest BCUT2D eigenvalue weighted by Crippen LogP contribution is 2.44. The Labute approximate surface area is 111 Å². The molecule has 0 spiro atoms. The highest BCUT2D eigenvalue weighted by Gasteiger charge is 2.35. The molecule has 0 fully saturated rings. The predicted octanol–water partition coefficient (Wildman–Crippen LogP) is 2.93. The maximum atomic E-state index is 10.5. The molecule has 94 valence electrons. The van der Waals surface area contributed by atoms with Gasteiger partial charge < -0.3 is 5.11 Å². The van der Waals surface area contributed by atoms with E-state index in [1.807, 2.05) is 19.1 Å². The van der Waals surface area contributed by atoms with E-state index < -0.39 is 6.10 Å². The molecule has 0 saturated carbocycles. The van der Waals surface area contributed by atoms with Crippen LogP contribution in [-0.2, 0) is 13.0 Å². The van der Waals surface area contributed by atoms with Crippen LogP contribution in [0.1, 0.15) is 35.8 Å². The van der Waals surface area contributed by atoms with Gasteiger partial charge in [-0.1, -0.05) is 35.9 Å². The molecule has 2 aromatic rings. The third kappa shape index (κ3) is 1.66. The van der Waals surface area contributed by atoms with Crippen molar-refractivity contribution in [3.63, 3.8) is 0 Å². The van der Waals surface area contributed by atoms with E-state index >= 15 is 0 Å². The van der Waals surface area contributed by atoms with Crippen molar-refractivity contribution >= 4 is 11.6 Å². The van der Waals surface area contributed by atoms with E-state index in [0.717, 1.165) is 12.1 Å². The third-order valence-electron chi connectivity index (χ3n) is 3.69. The number of aryl methyl sites for hydroxylation is 1. The summed E-state index contributed by atoms with van der Waals surface area (Å²) in [5.41, 5.74) is 3.28. The second-order valence-electron chi connectivity index (χ2n) is 4.65. The average molecular weight is 263 g/mol. The van der Waals surface area contributed by atoms with Gasteiger partial charge in [-0.25, -0.2) is 0 Å². The Kier molecular flexibility index (Phi) is 2.88. The molecule has 0 radical (unpaired) electrons. The van der Waals surface area contributed by atoms with Crippen molar-refractivity contribution in [2.45, 2.75) is 31.9 Å². The van der Waals surface area contributed by atoms with Crippen LogP contribution in [0.3, 0.4) is 0 Å². The van der Waals surface area contributed by atoms with Crippen LogP contribution in [-0.4, -0.2) is 14.9 Å². The maximum Gasteiger partial charge on any atom is 0.104 e. The number of rotatable bonds is 3. The summed E-state index contributed by atoms with van der Waals surface area (Å²) >= 11 is 6.13. The molecule has 0 amide bonds. The lowest BCUT2D eigenvalue weighted by molar-refractivity contribution is 0.125. The van der Waals surface area contributed by atoms with Crippen molar-refractivity contribution in [2.24, 2.45) is 0 Å². The van der Waals surface area contributed by atoms with E-state index in [1.165, 1.54) is 11.1 Å². The van der Waals surface area contributed by atoms with Crippen LogP contribution >= 0.6 is 11.6 Å². The van der Waals surface area contributed by atoms with E-state index in [0.29, 0.717) is 11.6 Å². The first-order chi connectivity index (χ1) is 8.72. The molecule has 1 heterocycles. The molecule has 1 N–H and O–H groups in total. The van der Waals surface area contributed by atoms with Crippen LogP contribution in [0.2, 0.25) is 5.02 Å². The Balaban J connectivity index is 1.93. The average Bonchev–Trinajstić information content (AvgIpc) is 2.72. The Morgan fingerprint density at radius 1 is 1.50 bits per heavy atom. The van der Waals surface area contributed by atoms with Crippen molar-refractivity contribution in [3.8, 4) is 0 Å². The summed E-state index contributed by atoms with van der Waals surface area (Å²) in [5.74, 6) is 0.140. The zero-order valence-corrected chi connectivity index (χ0v) is 10.9. The molecule has 2 atom stereocenters. The lowest BCUT2D eigenvalue weighted by Crippen LogP contribution is -2.25. The third-order valence-corrected chi connectivity index (χ3v) is 3.98. The number of halogens is 1. The second-order valence-corrected chi connectivity index (χ2v) is 5.05. The summed E-state index contributed by atoms with van der Waals surface area (Å²) in [5, 5.41) is 15.2. The van der Waals surface area contributed by atoms with Crippen LogP contribution < -0.4 is 0 Å². The first-order valence-electron chi connectivity index (χ1n) is 6.19. The van der Waals surface area contributed by atoms with Crippen LogP contribution in [0.25, 0.3) is 0 Å². The smallest absolute Gasteiger partial charge is 0.104 e. The summed E-state index contributed by atoms with van der Waals surface area (Å²) in [6.45, 7) is 2.71. The lowest BCUT2D eigenvalue weighted by atomic mass is 9.74. The Morgan fingerprint density at radius 2 is 2.28 bits per heavy atom. The number of fused-ring (bicyclic) bond motifs is 1. The normalized spacial score (nSPS) is 19.2. The van der Waals surface area contributed by atoms with Crippen molar-refractivity contribution in [3.05, 3.63) is 52.3 Å². The first-order valence-corrected chi connectivity index (χ1v) is 6.57. The van der Waals surface area contributed by atoms with E-state index in [-0.39, 0.29) is 5.92 Å². The predicted molar refractivity (Wildman–Crippen MR) is 70.8 cm³/mol. The molecule has 3 rings (SSSR count). The molecular weight excluding hydrogens is 248 g/mol. The van der Waals surface area contributed by atoms with Gasteiger partial charge in [-0.2, -0.15) is 5.10 Å². The zero-order chi connectivity index (χ0) is 12.7. The Hall–Kier alpha value is -1.32. The van der Waals surface area contributed by atoms with Crippen molar-refractivity contribution in [1.29, 1.82) is 0 Å². The number of hydrogen-bond donors (Lipinski definition) is 1. The van der Waals surface area contributed by atoms with Gasteiger partial charge in [0.25, 0.3) is 0 Å². The Morgan fingerprint density at radius 3 is 3.00 bits per heavy atom. The summed E-state index contributed by atoms with van der Waals surface area (Å²) < 4.78 is 1.77. The van der Waals surface area contributed by atoms with Crippen LogP contribution in [0.15, 0.2) is 30.5 Å². The quantitative estimate of drug-likeness (QED) is 0.924. The van der Waals surface area contributed by atoms with Gasteiger partial charge in [0.2, 0.25) is 0 Å². The number of hydrogen-bond acceptors (Lipinski definition) is 2. The summed E-state index contributed by atoms with van der Waals surface area (Å²) in [6, 6.07) is 8.23. The van der Waals surface area contributed by atoms with Crippen molar-refractivity contribution in [1.82, 2.24) is 9.78 Å². The van der Waals surface area contributed by atoms with Gasteiger partial charge in [-0.05, 0) is 24.5 Å². The molecule has 0 aliphatic heterocycles. The number of aliphatic hydroxyl groups is 1. The molecule has 0 saturated heterocycles. The topological polar surface area (TPSA) is 38.0 Å². The molecule has 0 bridgehead atoms. The van der Waals surface area contributed by atoms with Gasteiger partial charge in [0, 0.05) is 12.5 Å². The number of benzene rings is 1. The monoisotopic (exact) mass is 262 g/mol. The molecule has 1 aliphatic carbocycles. The van der Waals surface area contributed by atoms with Crippen molar-refractivity contribution < 1.29 is 5.11 Å². The van der Waals surface area contributed by atoms with Gasteiger partial charge in [0.15, 0.2) is 0 Å². The standard InChI is InChI=1S/C14H15ClN2O/c1-2-17-13(12(15)8-16-17)14(18)11-7-9-5-3-4-6-10(9)11/h3-6,8,11,14,18H,2,7H2,1H3. The molecule has 1 aromatic heterocycles. The fraction of sp³-hybridized carbons (Fsp3) is 0.357. The van der Waals surface area contributed by atoms with Gasteiger partial charge in [0.1, 0.15) is 6.10 Å². The highest BCUT2D eigenvalue weighted by molar-refractivity contribution is 6.31. The number of nitrogens with zero attached hydrogens (tertiary/aromatic N) is 2. The fourth-order valence-corrected chi connectivity index (χ4v) is 2.94. The van der Waals surface area contributed by atoms with Gasteiger partial charge >= 0.3 is 0 Å². The van der Waals surface area contributed by atoms with Gasteiger partial charge in [-0.3, -0.25) is 4.68 Å². The molecule has 3 nitrogen and oxygen atoms in total.